The Kier molecular flexibility index (Phi) is 7.21. The van der Waals surface area contributed by atoms with Crippen molar-refractivity contribution in [3.8, 4) is 11.5 Å². The molecule has 1 aliphatic carbocycles. The SMILES string of the molecule is COc1ccc(CCN(C)[C@@H]2CCCN(C3CCCCC3)C2)cc1OC. The highest BCUT2D eigenvalue weighted by atomic mass is 16.5. The molecule has 0 bridgehead atoms. The van der Waals surface area contributed by atoms with Crippen LogP contribution in [0.5, 0.6) is 11.5 Å². The first-order chi connectivity index (χ1) is 12.7. The second-order valence-electron chi connectivity index (χ2n) is 8.00. The van der Waals surface area contributed by atoms with E-state index in [4.69, 9.17) is 9.47 Å². The van der Waals surface area contributed by atoms with E-state index in [1.165, 1.54) is 63.6 Å². The molecule has 4 nitrogen and oxygen atoms in total. The van der Waals surface area contributed by atoms with Crippen molar-refractivity contribution >= 4 is 0 Å². The van der Waals surface area contributed by atoms with E-state index in [1.54, 1.807) is 14.2 Å². The van der Waals surface area contributed by atoms with Crippen LogP contribution in [0.1, 0.15) is 50.5 Å². The first-order valence-corrected chi connectivity index (χ1v) is 10.4. The molecule has 2 fully saturated rings. The minimum atomic E-state index is 0.700. The van der Waals surface area contributed by atoms with Gasteiger partial charge in [-0.2, -0.15) is 0 Å². The van der Waals surface area contributed by atoms with Gasteiger partial charge >= 0.3 is 0 Å². The van der Waals surface area contributed by atoms with E-state index in [-0.39, 0.29) is 0 Å². The Balaban J connectivity index is 1.51. The van der Waals surface area contributed by atoms with Crippen LogP contribution in [0, 0.1) is 0 Å². The highest BCUT2D eigenvalue weighted by Crippen LogP contribution is 2.29. The van der Waals surface area contributed by atoms with Crippen LogP contribution < -0.4 is 9.47 Å². The number of rotatable bonds is 7. The number of methoxy groups -OCH3 is 2. The number of hydrogen-bond acceptors (Lipinski definition) is 4. The summed E-state index contributed by atoms with van der Waals surface area (Å²) < 4.78 is 10.8. The summed E-state index contributed by atoms with van der Waals surface area (Å²) in [6.45, 7) is 3.66. The number of nitrogens with zero attached hydrogens (tertiary/aromatic N) is 2. The quantitative estimate of drug-likeness (QED) is 0.734. The Morgan fingerprint density at radius 2 is 1.77 bits per heavy atom. The molecule has 1 atom stereocenters. The van der Waals surface area contributed by atoms with Crippen LogP contribution in [0.4, 0.5) is 0 Å². The van der Waals surface area contributed by atoms with E-state index >= 15 is 0 Å². The molecule has 4 heteroatoms. The summed E-state index contributed by atoms with van der Waals surface area (Å²) in [7, 11) is 5.69. The van der Waals surface area contributed by atoms with Gasteiger partial charge in [-0.1, -0.05) is 25.3 Å². The van der Waals surface area contributed by atoms with Gasteiger partial charge in [0, 0.05) is 25.2 Å². The van der Waals surface area contributed by atoms with Crippen LogP contribution in [0.2, 0.25) is 0 Å². The monoisotopic (exact) mass is 360 g/mol. The number of likely N-dealkylation sites (N-methyl/N-ethyl adjacent to an activating group) is 1. The van der Waals surface area contributed by atoms with E-state index in [0.717, 1.165) is 30.5 Å². The Hall–Kier alpha value is -1.26. The van der Waals surface area contributed by atoms with Crippen LogP contribution >= 0.6 is 0 Å². The average Bonchev–Trinajstić information content (AvgIpc) is 2.72. The van der Waals surface area contributed by atoms with Crippen LogP contribution in [-0.4, -0.2) is 62.8 Å². The molecule has 1 aliphatic heterocycles. The maximum Gasteiger partial charge on any atom is 0.160 e. The molecule has 0 amide bonds. The molecule has 26 heavy (non-hydrogen) atoms. The van der Waals surface area contributed by atoms with Gasteiger partial charge in [0.15, 0.2) is 11.5 Å². The van der Waals surface area contributed by atoms with Gasteiger partial charge in [-0.3, -0.25) is 4.90 Å². The van der Waals surface area contributed by atoms with E-state index in [1.807, 2.05) is 6.07 Å². The van der Waals surface area contributed by atoms with E-state index in [2.05, 4.69) is 29.0 Å². The lowest BCUT2D eigenvalue weighted by atomic mass is 9.92. The van der Waals surface area contributed by atoms with E-state index in [9.17, 15) is 0 Å². The third kappa shape index (κ3) is 4.92. The van der Waals surface area contributed by atoms with Crippen molar-refractivity contribution in [2.45, 2.75) is 63.5 Å². The lowest BCUT2D eigenvalue weighted by Gasteiger charge is -2.42. The number of likely N-dealkylation sites (tertiary alicyclic amines) is 1. The van der Waals surface area contributed by atoms with Gasteiger partial charge in [0.2, 0.25) is 0 Å². The predicted molar refractivity (Wildman–Crippen MR) is 107 cm³/mol. The third-order valence-electron chi connectivity index (χ3n) is 6.34. The van der Waals surface area contributed by atoms with Crippen molar-refractivity contribution < 1.29 is 9.47 Å². The number of benzene rings is 1. The first kappa shape index (κ1) is 19.5. The normalized spacial score (nSPS) is 22.5. The van der Waals surface area contributed by atoms with Crippen molar-refractivity contribution in [2.24, 2.45) is 0 Å². The summed E-state index contributed by atoms with van der Waals surface area (Å²) in [5.41, 5.74) is 1.31. The van der Waals surface area contributed by atoms with Crippen LogP contribution in [0.25, 0.3) is 0 Å². The Bertz CT molecular complexity index is 557. The summed E-state index contributed by atoms with van der Waals surface area (Å²) in [5.74, 6) is 1.63. The first-order valence-electron chi connectivity index (χ1n) is 10.4. The summed E-state index contributed by atoms with van der Waals surface area (Å²) in [6.07, 6.45) is 10.9. The highest BCUT2D eigenvalue weighted by Gasteiger charge is 2.28. The molecule has 3 rings (SSSR count). The van der Waals surface area contributed by atoms with Crippen LogP contribution in [0.3, 0.4) is 0 Å². The van der Waals surface area contributed by atoms with Gasteiger partial charge in [-0.05, 0) is 63.4 Å². The Labute approximate surface area is 159 Å². The zero-order valence-electron chi connectivity index (χ0n) is 16.9. The Morgan fingerprint density at radius 3 is 2.50 bits per heavy atom. The highest BCUT2D eigenvalue weighted by molar-refractivity contribution is 5.42. The van der Waals surface area contributed by atoms with Crippen molar-refractivity contribution in [1.82, 2.24) is 9.80 Å². The molecule has 1 saturated carbocycles. The minimum Gasteiger partial charge on any atom is -0.493 e. The molecule has 0 N–H and O–H groups in total. The molecular weight excluding hydrogens is 324 g/mol. The second kappa shape index (κ2) is 9.61. The fourth-order valence-corrected chi connectivity index (χ4v) is 4.65. The van der Waals surface area contributed by atoms with Gasteiger partial charge in [-0.25, -0.2) is 0 Å². The van der Waals surface area contributed by atoms with Gasteiger partial charge in [0.1, 0.15) is 0 Å². The molecule has 1 saturated heterocycles. The fourth-order valence-electron chi connectivity index (χ4n) is 4.65. The summed E-state index contributed by atoms with van der Waals surface area (Å²) in [5, 5.41) is 0. The molecule has 0 radical (unpaired) electrons. The van der Waals surface area contributed by atoms with Crippen LogP contribution in [-0.2, 0) is 6.42 Å². The Morgan fingerprint density at radius 1 is 1.00 bits per heavy atom. The smallest absolute Gasteiger partial charge is 0.160 e. The zero-order chi connectivity index (χ0) is 18.4. The van der Waals surface area contributed by atoms with Gasteiger partial charge in [0.25, 0.3) is 0 Å². The summed E-state index contributed by atoms with van der Waals surface area (Å²) in [6, 6.07) is 7.84. The molecule has 0 unspecified atom stereocenters. The molecule has 0 spiro atoms. The zero-order valence-corrected chi connectivity index (χ0v) is 16.9. The maximum absolute atomic E-state index is 5.44. The lowest BCUT2D eigenvalue weighted by Crippen LogP contribution is -2.50. The van der Waals surface area contributed by atoms with Gasteiger partial charge < -0.3 is 14.4 Å². The predicted octanol–water partition coefficient (Wildman–Crippen LogP) is 3.98. The van der Waals surface area contributed by atoms with Gasteiger partial charge in [0.05, 0.1) is 14.2 Å². The van der Waals surface area contributed by atoms with Crippen molar-refractivity contribution in [3.05, 3.63) is 23.8 Å². The second-order valence-corrected chi connectivity index (χ2v) is 8.00. The van der Waals surface area contributed by atoms with E-state index in [0.29, 0.717) is 6.04 Å². The van der Waals surface area contributed by atoms with E-state index < -0.39 is 0 Å². The van der Waals surface area contributed by atoms with Crippen molar-refractivity contribution in [1.29, 1.82) is 0 Å². The molecule has 146 valence electrons. The average molecular weight is 361 g/mol. The standard InChI is InChI=1S/C22H36N2O2/c1-23(15-13-18-11-12-21(25-2)22(16-18)26-3)20-10-7-14-24(17-20)19-8-5-4-6-9-19/h11-12,16,19-20H,4-10,13-15,17H2,1-3H3/t20-/m1/s1. The molecule has 0 aromatic heterocycles. The third-order valence-corrected chi connectivity index (χ3v) is 6.34. The summed E-state index contributed by atoms with van der Waals surface area (Å²) >= 11 is 0. The number of piperidine rings is 1. The topological polar surface area (TPSA) is 24.9 Å². The fraction of sp³-hybridized carbons (Fsp3) is 0.727. The molecular formula is C22H36N2O2. The lowest BCUT2D eigenvalue weighted by molar-refractivity contribution is 0.0696. The number of hydrogen-bond donors (Lipinski definition) is 0. The minimum absolute atomic E-state index is 0.700. The largest absolute Gasteiger partial charge is 0.493 e. The van der Waals surface area contributed by atoms with Crippen molar-refractivity contribution in [2.75, 3.05) is 40.9 Å². The molecule has 2 aliphatic rings. The molecule has 1 aromatic rings. The number of ether oxygens (including phenoxy) is 2. The maximum atomic E-state index is 5.44. The van der Waals surface area contributed by atoms with Crippen LogP contribution in [0.15, 0.2) is 18.2 Å². The van der Waals surface area contributed by atoms with Crippen molar-refractivity contribution in [3.63, 3.8) is 0 Å². The summed E-state index contributed by atoms with van der Waals surface area (Å²) in [4.78, 5) is 5.37. The molecule has 1 aromatic carbocycles. The van der Waals surface area contributed by atoms with Gasteiger partial charge in [-0.15, -0.1) is 0 Å². The molecule has 1 heterocycles.